The van der Waals surface area contributed by atoms with Crippen LogP contribution in [0.3, 0.4) is 0 Å². The van der Waals surface area contributed by atoms with Gasteiger partial charge in [0.2, 0.25) is 5.91 Å². The Morgan fingerprint density at radius 2 is 1.85 bits per heavy atom. The van der Waals surface area contributed by atoms with Crippen molar-refractivity contribution in [1.82, 2.24) is 0 Å². The molecular weight excluding hydrogens is 256 g/mol. The van der Waals surface area contributed by atoms with Crippen LogP contribution in [0.15, 0.2) is 18.2 Å². The zero-order valence-corrected chi connectivity index (χ0v) is 12.3. The van der Waals surface area contributed by atoms with Crippen molar-refractivity contribution in [1.29, 1.82) is 0 Å². The molecule has 5 nitrogen and oxygen atoms in total. The number of nitrogens with one attached hydrogen (secondary N) is 1. The van der Waals surface area contributed by atoms with E-state index in [2.05, 4.69) is 24.1 Å². The van der Waals surface area contributed by atoms with Crippen molar-refractivity contribution in [2.75, 3.05) is 23.3 Å². The molecule has 0 aliphatic rings. The van der Waals surface area contributed by atoms with Gasteiger partial charge in [-0.3, -0.25) is 9.59 Å². The van der Waals surface area contributed by atoms with Crippen LogP contribution in [0.4, 0.5) is 11.4 Å². The summed E-state index contributed by atoms with van der Waals surface area (Å²) in [6.45, 7) is 8.07. The molecule has 5 heteroatoms. The van der Waals surface area contributed by atoms with Crippen LogP contribution >= 0.6 is 0 Å². The zero-order valence-electron chi connectivity index (χ0n) is 12.3. The average molecular weight is 278 g/mol. The van der Waals surface area contributed by atoms with Crippen molar-refractivity contribution in [3.8, 4) is 0 Å². The van der Waals surface area contributed by atoms with Crippen molar-refractivity contribution in [3.05, 3.63) is 23.8 Å². The third kappa shape index (κ3) is 4.57. The highest BCUT2D eigenvalue weighted by molar-refractivity contribution is 5.92. The molecular formula is C15H22N2O3. The van der Waals surface area contributed by atoms with E-state index in [-0.39, 0.29) is 18.7 Å². The predicted molar refractivity (Wildman–Crippen MR) is 80.2 cm³/mol. The summed E-state index contributed by atoms with van der Waals surface area (Å²) in [5.41, 5.74) is 2.94. The Kier molecular flexibility index (Phi) is 6.03. The highest BCUT2D eigenvalue weighted by Gasteiger charge is 2.09. The van der Waals surface area contributed by atoms with E-state index in [9.17, 15) is 9.59 Å². The number of hydrogen-bond donors (Lipinski definition) is 2. The Labute approximate surface area is 119 Å². The standard InChI is InChI=1S/C15H22N2O3/c1-4-17(5-2)13-7-6-12(10-11(13)3)16-14(18)8-9-15(19)20/h6-7,10H,4-5,8-9H2,1-3H3,(H,16,18)(H,19,20). The molecule has 0 atom stereocenters. The average Bonchev–Trinajstić information content (AvgIpc) is 2.40. The van der Waals surface area contributed by atoms with Crippen molar-refractivity contribution in [3.63, 3.8) is 0 Å². The number of benzene rings is 1. The summed E-state index contributed by atoms with van der Waals surface area (Å²) in [5.74, 6) is -1.24. The van der Waals surface area contributed by atoms with Crippen LogP contribution in [-0.4, -0.2) is 30.1 Å². The number of carbonyl (C=O) groups excluding carboxylic acids is 1. The number of aryl methyl sites for hydroxylation is 1. The number of carbonyl (C=O) groups is 2. The van der Waals surface area contributed by atoms with Crippen LogP contribution in [-0.2, 0) is 9.59 Å². The summed E-state index contributed by atoms with van der Waals surface area (Å²) < 4.78 is 0. The first kappa shape index (κ1) is 16.0. The van der Waals surface area contributed by atoms with Crippen LogP contribution in [0.1, 0.15) is 32.3 Å². The summed E-state index contributed by atoms with van der Waals surface area (Å²) in [7, 11) is 0. The normalized spacial score (nSPS) is 10.2. The Hall–Kier alpha value is -2.04. The lowest BCUT2D eigenvalue weighted by Crippen LogP contribution is -2.22. The molecule has 0 aromatic heterocycles. The van der Waals surface area contributed by atoms with E-state index >= 15 is 0 Å². The van der Waals surface area contributed by atoms with E-state index in [1.54, 1.807) is 0 Å². The van der Waals surface area contributed by atoms with E-state index < -0.39 is 5.97 Å². The number of rotatable bonds is 7. The second kappa shape index (κ2) is 7.53. The number of carboxylic acids is 1. The maximum Gasteiger partial charge on any atom is 0.303 e. The highest BCUT2D eigenvalue weighted by Crippen LogP contribution is 2.23. The van der Waals surface area contributed by atoms with Crippen molar-refractivity contribution in [2.45, 2.75) is 33.6 Å². The maximum absolute atomic E-state index is 11.6. The molecule has 1 rings (SSSR count). The van der Waals surface area contributed by atoms with Gasteiger partial charge in [-0.1, -0.05) is 0 Å². The predicted octanol–water partition coefficient (Wildman–Crippen LogP) is 2.64. The molecule has 0 spiro atoms. The van der Waals surface area contributed by atoms with Gasteiger partial charge in [-0.05, 0) is 44.5 Å². The van der Waals surface area contributed by atoms with E-state index in [4.69, 9.17) is 5.11 Å². The van der Waals surface area contributed by atoms with Crippen LogP contribution < -0.4 is 10.2 Å². The van der Waals surface area contributed by atoms with Gasteiger partial charge in [0.05, 0.1) is 6.42 Å². The fourth-order valence-electron chi connectivity index (χ4n) is 2.10. The number of nitrogens with zero attached hydrogens (tertiary/aromatic N) is 1. The maximum atomic E-state index is 11.6. The third-order valence-corrected chi connectivity index (χ3v) is 3.15. The number of aliphatic carboxylic acids is 1. The second-order valence-corrected chi connectivity index (χ2v) is 4.62. The third-order valence-electron chi connectivity index (χ3n) is 3.15. The van der Waals surface area contributed by atoms with Gasteiger partial charge in [0, 0.05) is 30.9 Å². The Balaban J connectivity index is 2.72. The molecule has 2 N–H and O–H groups in total. The SMILES string of the molecule is CCN(CC)c1ccc(NC(=O)CCC(=O)O)cc1C. The van der Waals surface area contributed by atoms with Gasteiger partial charge in [-0.2, -0.15) is 0 Å². The van der Waals surface area contributed by atoms with Crippen LogP contribution in [0, 0.1) is 6.92 Å². The second-order valence-electron chi connectivity index (χ2n) is 4.62. The van der Waals surface area contributed by atoms with Crippen LogP contribution in [0.5, 0.6) is 0 Å². The molecule has 0 radical (unpaired) electrons. The summed E-state index contributed by atoms with van der Waals surface area (Å²) >= 11 is 0. The van der Waals surface area contributed by atoms with Gasteiger partial charge in [0.15, 0.2) is 0 Å². The lowest BCUT2D eigenvalue weighted by molar-refractivity contribution is -0.138. The van der Waals surface area contributed by atoms with Gasteiger partial charge in [0.1, 0.15) is 0 Å². The Bertz CT molecular complexity index is 482. The number of anilines is 2. The van der Waals surface area contributed by atoms with Gasteiger partial charge in [-0.15, -0.1) is 0 Å². The van der Waals surface area contributed by atoms with Gasteiger partial charge in [0.25, 0.3) is 0 Å². The molecule has 1 aromatic carbocycles. The zero-order chi connectivity index (χ0) is 15.1. The summed E-state index contributed by atoms with van der Waals surface area (Å²) in [5, 5.41) is 11.3. The molecule has 0 saturated carbocycles. The summed E-state index contributed by atoms with van der Waals surface area (Å²) in [4.78, 5) is 24.2. The molecule has 0 heterocycles. The fourth-order valence-corrected chi connectivity index (χ4v) is 2.10. The molecule has 0 fully saturated rings. The first-order valence-electron chi connectivity index (χ1n) is 6.85. The molecule has 0 bridgehead atoms. The smallest absolute Gasteiger partial charge is 0.303 e. The Morgan fingerprint density at radius 3 is 2.35 bits per heavy atom. The molecule has 0 unspecified atom stereocenters. The van der Waals surface area contributed by atoms with Crippen LogP contribution in [0.2, 0.25) is 0 Å². The minimum absolute atomic E-state index is 0.00776. The minimum atomic E-state index is -0.965. The lowest BCUT2D eigenvalue weighted by Gasteiger charge is -2.23. The minimum Gasteiger partial charge on any atom is -0.481 e. The number of amides is 1. The number of carboxylic acid groups (broad SMARTS) is 1. The van der Waals surface area contributed by atoms with Crippen molar-refractivity contribution >= 4 is 23.3 Å². The summed E-state index contributed by atoms with van der Waals surface area (Å²) in [6.07, 6.45) is -0.158. The largest absolute Gasteiger partial charge is 0.481 e. The number of hydrogen-bond acceptors (Lipinski definition) is 3. The summed E-state index contributed by atoms with van der Waals surface area (Å²) in [6, 6.07) is 5.74. The fraction of sp³-hybridized carbons (Fsp3) is 0.467. The van der Waals surface area contributed by atoms with E-state index in [0.717, 1.165) is 24.3 Å². The van der Waals surface area contributed by atoms with Crippen LogP contribution in [0.25, 0.3) is 0 Å². The first-order chi connectivity index (χ1) is 9.47. The molecule has 20 heavy (non-hydrogen) atoms. The van der Waals surface area contributed by atoms with Crippen molar-refractivity contribution in [2.24, 2.45) is 0 Å². The molecule has 0 aliphatic heterocycles. The van der Waals surface area contributed by atoms with E-state index in [1.807, 2.05) is 25.1 Å². The molecule has 1 amide bonds. The monoisotopic (exact) mass is 278 g/mol. The van der Waals surface area contributed by atoms with Gasteiger partial charge < -0.3 is 15.3 Å². The highest BCUT2D eigenvalue weighted by atomic mass is 16.4. The molecule has 1 aromatic rings. The first-order valence-corrected chi connectivity index (χ1v) is 6.85. The quantitative estimate of drug-likeness (QED) is 0.804. The molecule has 0 saturated heterocycles. The molecule has 110 valence electrons. The molecule has 0 aliphatic carbocycles. The van der Waals surface area contributed by atoms with Gasteiger partial charge >= 0.3 is 5.97 Å². The van der Waals surface area contributed by atoms with Gasteiger partial charge in [-0.25, -0.2) is 0 Å². The van der Waals surface area contributed by atoms with Crippen molar-refractivity contribution < 1.29 is 14.7 Å². The van der Waals surface area contributed by atoms with E-state index in [1.165, 1.54) is 0 Å². The Morgan fingerprint density at radius 1 is 1.20 bits per heavy atom. The van der Waals surface area contributed by atoms with E-state index in [0.29, 0.717) is 5.69 Å². The topological polar surface area (TPSA) is 69.6 Å². The lowest BCUT2D eigenvalue weighted by atomic mass is 10.1.